The van der Waals surface area contributed by atoms with Crippen molar-refractivity contribution in [1.29, 1.82) is 0 Å². The van der Waals surface area contributed by atoms with Crippen molar-refractivity contribution < 1.29 is 9.84 Å². The number of hydrogen-bond acceptors (Lipinski definition) is 3. The number of β-amino-alcohol motifs (C(OH)–C–C–N with tert-alkyl or cyclic N) is 1. The van der Waals surface area contributed by atoms with Gasteiger partial charge in [-0.1, -0.05) is 36.8 Å². The highest BCUT2D eigenvalue weighted by Crippen LogP contribution is 2.37. The summed E-state index contributed by atoms with van der Waals surface area (Å²) in [5.41, 5.74) is 1.19. The van der Waals surface area contributed by atoms with Gasteiger partial charge in [0.1, 0.15) is 0 Å². The summed E-state index contributed by atoms with van der Waals surface area (Å²) in [6, 6.07) is 10.3. The second-order valence-electron chi connectivity index (χ2n) is 5.76. The summed E-state index contributed by atoms with van der Waals surface area (Å²) in [5.74, 6) is 0.254. The number of likely N-dealkylation sites (tertiary alicyclic amines) is 1. The van der Waals surface area contributed by atoms with Crippen molar-refractivity contribution in [3.63, 3.8) is 0 Å². The molecule has 0 saturated carbocycles. The lowest BCUT2D eigenvalue weighted by molar-refractivity contribution is -0.165. The van der Waals surface area contributed by atoms with E-state index >= 15 is 0 Å². The highest BCUT2D eigenvalue weighted by atomic mass is 16.5. The van der Waals surface area contributed by atoms with Gasteiger partial charge < -0.3 is 14.7 Å². The minimum Gasteiger partial charge on any atom is -0.391 e. The van der Waals surface area contributed by atoms with Gasteiger partial charge in [-0.15, -0.1) is 0 Å². The van der Waals surface area contributed by atoms with Gasteiger partial charge in [-0.2, -0.15) is 0 Å². The standard InChI is InChI=1S/C16H23NO2/c18-15(11-17-9-5-2-6-10-17)14-12-19-16(14)13-7-3-1-4-8-13/h1,3-4,7-8,14-16,18H,2,5-6,9-12H2/t14-,15?,16-/m0/s1. The molecule has 0 aliphatic carbocycles. The summed E-state index contributed by atoms with van der Waals surface area (Å²) in [4.78, 5) is 2.40. The Hall–Kier alpha value is -0.900. The third kappa shape index (κ3) is 2.99. The molecule has 3 atom stereocenters. The molecule has 0 aromatic heterocycles. The molecule has 1 N–H and O–H groups in total. The lowest BCUT2D eigenvalue weighted by Crippen LogP contribution is -2.47. The highest BCUT2D eigenvalue weighted by Gasteiger charge is 2.39. The molecule has 1 aromatic carbocycles. The fourth-order valence-electron chi connectivity index (χ4n) is 3.14. The number of ether oxygens (including phenoxy) is 1. The molecule has 0 bridgehead atoms. The van der Waals surface area contributed by atoms with Crippen LogP contribution in [0, 0.1) is 5.92 Å². The molecular weight excluding hydrogens is 238 g/mol. The van der Waals surface area contributed by atoms with Crippen LogP contribution in [0.2, 0.25) is 0 Å². The molecule has 1 unspecified atom stereocenters. The van der Waals surface area contributed by atoms with Gasteiger partial charge in [0.25, 0.3) is 0 Å². The summed E-state index contributed by atoms with van der Waals surface area (Å²) in [5, 5.41) is 10.4. The SMILES string of the molecule is OC(CN1CCCCC1)[C@@H]1CO[C@H]1c1ccccc1. The Kier molecular flexibility index (Phi) is 4.16. The highest BCUT2D eigenvalue weighted by molar-refractivity contribution is 5.20. The Labute approximate surface area is 115 Å². The zero-order valence-corrected chi connectivity index (χ0v) is 11.4. The van der Waals surface area contributed by atoms with Crippen LogP contribution in [0.5, 0.6) is 0 Å². The fourth-order valence-corrected chi connectivity index (χ4v) is 3.14. The van der Waals surface area contributed by atoms with Gasteiger partial charge >= 0.3 is 0 Å². The summed E-state index contributed by atoms with van der Waals surface area (Å²) in [7, 11) is 0. The first kappa shape index (κ1) is 13.1. The van der Waals surface area contributed by atoms with Crippen LogP contribution < -0.4 is 0 Å². The average molecular weight is 261 g/mol. The van der Waals surface area contributed by atoms with E-state index in [9.17, 15) is 5.11 Å². The van der Waals surface area contributed by atoms with Crippen LogP contribution in [0.1, 0.15) is 30.9 Å². The Morgan fingerprint density at radius 2 is 1.89 bits per heavy atom. The van der Waals surface area contributed by atoms with Gasteiger partial charge in [-0.05, 0) is 31.5 Å². The molecule has 2 saturated heterocycles. The molecule has 2 aliphatic heterocycles. The maximum atomic E-state index is 10.4. The van der Waals surface area contributed by atoms with E-state index < -0.39 is 0 Å². The number of aliphatic hydroxyl groups is 1. The van der Waals surface area contributed by atoms with Gasteiger partial charge in [-0.3, -0.25) is 0 Å². The zero-order valence-electron chi connectivity index (χ0n) is 11.4. The molecule has 0 radical (unpaired) electrons. The molecule has 19 heavy (non-hydrogen) atoms. The Morgan fingerprint density at radius 1 is 1.16 bits per heavy atom. The molecule has 0 amide bonds. The molecule has 2 fully saturated rings. The zero-order chi connectivity index (χ0) is 13.1. The maximum Gasteiger partial charge on any atom is 0.0900 e. The Balaban J connectivity index is 1.56. The van der Waals surface area contributed by atoms with E-state index in [2.05, 4.69) is 17.0 Å². The Morgan fingerprint density at radius 3 is 2.53 bits per heavy atom. The average Bonchev–Trinajstić information content (AvgIpc) is 2.39. The smallest absolute Gasteiger partial charge is 0.0900 e. The topological polar surface area (TPSA) is 32.7 Å². The molecule has 104 valence electrons. The number of piperidine rings is 1. The first-order valence-electron chi connectivity index (χ1n) is 7.41. The van der Waals surface area contributed by atoms with Crippen LogP contribution in [0.3, 0.4) is 0 Å². The predicted molar refractivity (Wildman–Crippen MR) is 74.9 cm³/mol. The fraction of sp³-hybridized carbons (Fsp3) is 0.625. The lowest BCUT2D eigenvalue weighted by Gasteiger charge is -2.42. The van der Waals surface area contributed by atoms with Crippen LogP contribution in [-0.2, 0) is 4.74 Å². The molecule has 3 nitrogen and oxygen atoms in total. The van der Waals surface area contributed by atoms with E-state index in [1.54, 1.807) is 0 Å². The summed E-state index contributed by atoms with van der Waals surface area (Å²) in [6.07, 6.45) is 3.70. The monoisotopic (exact) mass is 261 g/mol. The first-order chi connectivity index (χ1) is 9.34. The molecule has 2 aliphatic rings. The van der Waals surface area contributed by atoms with Crippen molar-refractivity contribution >= 4 is 0 Å². The van der Waals surface area contributed by atoms with Gasteiger partial charge in [-0.25, -0.2) is 0 Å². The second kappa shape index (κ2) is 6.04. The maximum absolute atomic E-state index is 10.4. The van der Waals surface area contributed by atoms with E-state index in [4.69, 9.17) is 4.74 Å². The second-order valence-corrected chi connectivity index (χ2v) is 5.76. The van der Waals surface area contributed by atoms with Crippen molar-refractivity contribution in [3.05, 3.63) is 35.9 Å². The van der Waals surface area contributed by atoms with E-state index in [0.29, 0.717) is 6.61 Å². The number of nitrogens with zero attached hydrogens (tertiary/aromatic N) is 1. The molecular formula is C16H23NO2. The predicted octanol–water partition coefficient (Wildman–Crippen LogP) is 2.22. The number of aliphatic hydroxyl groups excluding tert-OH is 1. The van der Waals surface area contributed by atoms with Crippen molar-refractivity contribution in [2.45, 2.75) is 31.5 Å². The molecule has 2 heterocycles. The van der Waals surface area contributed by atoms with Crippen LogP contribution >= 0.6 is 0 Å². The normalized spacial score (nSPS) is 29.7. The summed E-state index contributed by atoms with van der Waals surface area (Å²) in [6.45, 7) is 3.77. The molecule has 0 spiro atoms. The van der Waals surface area contributed by atoms with Gasteiger partial charge in [0.2, 0.25) is 0 Å². The number of hydrogen-bond donors (Lipinski definition) is 1. The van der Waals surface area contributed by atoms with Gasteiger partial charge in [0.05, 0.1) is 18.8 Å². The van der Waals surface area contributed by atoms with Crippen molar-refractivity contribution in [3.8, 4) is 0 Å². The van der Waals surface area contributed by atoms with E-state index in [0.717, 1.165) is 19.6 Å². The largest absolute Gasteiger partial charge is 0.391 e. The third-order valence-corrected chi connectivity index (χ3v) is 4.37. The number of benzene rings is 1. The summed E-state index contributed by atoms with van der Waals surface area (Å²) >= 11 is 0. The van der Waals surface area contributed by atoms with E-state index in [1.165, 1.54) is 24.8 Å². The number of rotatable bonds is 4. The quantitative estimate of drug-likeness (QED) is 0.902. The van der Waals surface area contributed by atoms with E-state index in [-0.39, 0.29) is 18.1 Å². The van der Waals surface area contributed by atoms with Crippen molar-refractivity contribution in [2.75, 3.05) is 26.2 Å². The van der Waals surface area contributed by atoms with Crippen molar-refractivity contribution in [2.24, 2.45) is 5.92 Å². The van der Waals surface area contributed by atoms with Gasteiger partial charge in [0, 0.05) is 12.5 Å². The van der Waals surface area contributed by atoms with Gasteiger partial charge in [0.15, 0.2) is 0 Å². The Bertz CT molecular complexity index is 389. The minimum absolute atomic E-state index is 0.0843. The molecule has 3 rings (SSSR count). The summed E-state index contributed by atoms with van der Waals surface area (Å²) < 4.78 is 5.66. The lowest BCUT2D eigenvalue weighted by atomic mass is 9.86. The first-order valence-corrected chi connectivity index (χ1v) is 7.41. The molecule has 1 aromatic rings. The van der Waals surface area contributed by atoms with Crippen molar-refractivity contribution in [1.82, 2.24) is 4.90 Å². The third-order valence-electron chi connectivity index (χ3n) is 4.37. The minimum atomic E-state index is -0.267. The molecule has 3 heteroatoms. The van der Waals surface area contributed by atoms with Crippen LogP contribution in [-0.4, -0.2) is 42.4 Å². The van der Waals surface area contributed by atoms with Crippen LogP contribution in [0.25, 0.3) is 0 Å². The van der Waals surface area contributed by atoms with E-state index in [1.807, 2.05) is 18.2 Å². The van der Waals surface area contributed by atoms with Crippen LogP contribution in [0.4, 0.5) is 0 Å². The van der Waals surface area contributed by atoms with Crippen LogP contribution in [0.15, 0.2) is 30.3 Å².